The van der Waals surface area contributed by atoms with E-state index in [9.17, 15) is 4.79 Å². The van der Waals surface area contributed by atoms with Crippen molar-refractivity contribution >= 4 is 5.91 Å². The van der Waals surface area contributed by atoms with Gasteiger partial charge in [0.1, 0.15) is 5.82 Å². The third-order valence-electron chi connectivity index (χ3n) is 3.42. The van der Waals surface area contributed by atoms with Crippen molar-refractivity contribution in [2.24, 2.45) is 11.7 Å². The van der Waals surface area contributed by atoms with Gasteiger partial charge in [-0.2, -0.15) is 0 Å². The van der Waals surface area contributed by atoms with E-state index in [2.05, 4.69) is 10.3 Å². The molecule has 1 heterocycles. The molecule has 1 amide bonds. The topological polar surface area (TPSA) is 72.9 Å². The number of hydrogen-bond donors (Lipinski definition) is 2. The van der Waals surface area contributed by atoms with E-state index in [0.717, 1.165) is 31.6 Å². The summed E-state index contributed by atoms with van der Waals surface area (Å²) in [7, 11) is 0. The number of amides is 1. The zero-order valence-corrected chi connectivity index (χ0v) is 10.2. The van der Waals surface area contributed by atoms with Gasteiger partial charge in [-0.15, -0.1) is 0 Å². The predicted octanol–water partition coefficient (Wildman–Crippen LogP) is 0.435. The highest BCUT2D eigenvalue weighted by atomic mass is 16.1. The van der Waals surface area contributed by atoms with Crippen LogP contribution in [0, 0.1) is 12.8 Å². The van der Waals surface area contributed by atoms with E-state index in [1.54, 1.807) is 6.20 Å². The molecule has 2 rings (SSSR count). The monoisotopic (exact) mass is 236 g/mol. The van der Waals surface area contributed by atoms with Gasteiger partial charge in [-0.1, -0.05) is 0 Å². The molecule has 1 aliphatic rings. The Morgan fingerprint density at radius 1 is 1.65 bits per heavy atom. The van der Waals surface area contributed by atoms with Crippen molar-refractivity contribution in [3.8, 4) is 0 Å². The largest absolute Gasteiger partial charge is 0.354 e. The Bertz CT molecular complexity index is 388. The second-order valence-corrected chi connectivity index (χ2v) is 4.73. The van der Waals surface area contributed by atoms with Crippen LogP contribution in [0.5, 0.6) is 0 Å². The van der Waals surface area contributed by atoms with Gasteiger partial charge < -0.3 is 15.6 Å². The minimum Gasteiger partial charge on any atom is -0.354 e. The van der Waals surface area contributed by atoms with Gasteiger partial charge in [0.25, 0.3) is 0 Å². The molecule has 2 unspecified atom stereocenters. The molecule has 0 radical (unpaired) electrons. The predicted molar refractivity (Wildman–Crippen MR) is 65.3 cm³/mol. The molecule has 0 spiro atoms. The molecule has 2 atom stereocenters. The van der Waals surface area contributed by atoms with E-state index in [1.807, 2.05) is 17.7 Å². The van der Waals surface area contributed by atoms with Crippen molar-refractivity contribution in [3.63, 3.8) is 0 Å². The molecule has 1 fully saturated rings. The number of carbonyl (C=O) groups is 1. The van der Waals surface area contributed by atoms with Crippen LogP contribution in [0.3, 0.4) is 0 Å². The van der Waals surface area contributed by atoms with Crippen molar-refractivity contribution in [3.05, 3.63) is 18.2 Å². The maximum absolute atomic E-state index is 11.8. The van der Waals surface area contributed by atoms with Gasteiger partial charge in [0.2, 0.25) is 5.91 Å². The highest BCUT2D eigenvalue weighted by Gasteiger charge is 2.27. The number of imidazole rings is 1. The average molecular weight is 236 g/mol. The van der Waals surface area contributed by atoms with Gasteiger partial charge >= 0.3 is 0 Å². The molecule has 5 nitrogen and oxygen atoms in total. The van der Waals surface area contributed by atoms with Crippen LogP contribution in [0.4, 0.5) is 0 Å². The number of carbonyl (C=O) groups excluding carboxylic acids is 1. The van der Waals surface area contributed by atoms with Crippen LogP contribution in [-0.4, -0.2) is 28.0 Å². The molecule has 1 saturated carbocycles. The lowest BCUT2D eigenvalue weighted by Crippen LogP contribution is -2.32. The lowest BCUT2D eigenvalue weighted by Gasteiger charge is -2.11. The summed E-state index contributed by atoms with van der Waals surface area (Å²) in [6.07, 6.45) is 6.42. The first-order valence-corrected chi connectivity index (χ1v) is 6.18. The second-order valence-electron chi connectivity index (χ2n) is 4.73. The fourth-order valence-corrected chi connectivity index (χ4v) is 2.34. The molecular formula is C12H20N4O. The molecule has 0 aromatic carbocycles. The first-order chi connectivity index (χ1) is 8.16. The molecule has 3 N–H and O–H groups in total. The zero-order valence-electron chi connectivity index (χ0n) is 10.2. The Balaban J connectivity index is 1.72. The van der Waals surface area contributed by atoms with E-state index in [-0.39, 0.29) is 17.9 Å². The smallest absolute Gasteiger partial charge is 0.223 e. The molecule has 1 aromatic rings. The van der Waals surface area contributed by atoms with Crippen molar-refractivity contribution in [2.45, 2.75) is 38.8 Å². The van der Waals surface area contributed by atoms with Gasteiger partial charge in [-0.3, -0.25) is 4.79 Å². The van der Waals surface area contributed by atoms with Crippen LogP contribution in [-0.2, 0) is 11.3 Å². The van der Waals surface area contributed by atoms with Crippen molar-refractivity contribution < 1.29 is 4.79 Å². The lowest BCUT2D eigenvalue weighted by molar-refractivity contribution is -0.124. The van der Waals surface area contributed by atoms with Crippen molar-refractivity contribution in [2.75, 3.05) is 6.54 Å². The van der Waals surface area contributed by atoms with Crippen LogP contribution in [0.15, 0.2) is 12.4 Å². The molecule has 5 heteroatoms. The van der Waals surface area contributed by atoms with E-state index >= 15 is 0 Å². The van der Waals surface area contributed by atoms with Gasteiger partial charge in [0.15, 0.2) is 0 Å². The lowest BCUT2D eigenvalue weighted by atomic mass is 10.1. The molecule has 94 valence electrons. The Morgan fingerprint density at radius 3 is 3.06 bits per heavy atom. The summed E-state index contributed by atoms with van der Waals surface area (Å²) in [5.41, 5.74) is 5.80. The normalized spacial score (nSPS) is 23.9. The number of hydrogen-bond acceptors (Lipinski definition) is 3. The summed E-state index contributed by atoms with van der Waals surface area (Å²) >= 11 is 0. The number of nitrogens with two attached hydrogens (primary N) is 1. The maximum atomic E-state index is 11.8. The fourth-order valence-electron chi connectivity index (χ4n) is 2.34. The quantitative estimate of drug-likeness (QED) is 0.796. The minimum atomic E-state index is 0.119. The van der Waals surface area contributed by atoms with E-state index in [1.165, 1.54) is 0 Å². The van der Waals surface area contributed by atoms with Gasteiger partial charge in [-0.05, 0) is 26.2 Å². The summed E-state index contributed by atoms with van der Waals surface area (Å²) in [5, 5.41) is 2.97. The van der Waals surface area contributed by atoms with Gasteiger partial charge in [0, 0.05) is 37.4 Å². The summed E-state index contributed by atoms with van der Waals surface area (Å²) in [6.45, 7) is 3.38. The van der Waals surface area contributed by atoms with E-state index in [0.29, 0.717) is 6.54 Å². The van der Waals surface area contributed by atoms with E-state index in [4.69, 9.17) is 5.73 Å². The molecule has 0 aliphatic heterocycles. The average Bonchev–Trinajstić information content (AvgIpc) is 2.88. The zero-order chi connectivity index (χ0) is 12.3. The van der Waals surface area contributed by atoms with Crippen molar-refractivity contribution in [1.82, 2.24) is 14.9 Å². The van der Waals surface area contributed by atoms with Crippen LogP contribution < -0.4 is 11.1 Å². The first-order valence-electron chi connectivity index (χ1n) is 6.18. The number of aryl methyl sites for hydroxylation is 1. The van der Waals surface area contributed by atoms with Crippen LogP contribution in [0.1, 0.15) is 25.1 Å². The standard InChI is InChI=1S/C12H20N4O/c1-9-14-4-6-16(9)7-5-15-12(17)10-2-3-11(13)8-10/h4,6,10-11H,2-3,5,7-8,13H2,1H3,(H,15,17). The number of nitrogens with one attached hydrogen (secondary N) is 1. The van der Waals surface area contributed by atoms with Crippen LogP contribution >= 0.6 is 0 Å². The molecule has 17 heavy (non-hydrogen) atoms. The summed E-state index contributed by atoms with van der Waals surface area (Å²) in [4.78, 5) is 15.9. The van der Waals surface area contributed by atoms with Gasteiger partial charge in [0.05, 0.1) is 0 Å². The summed E-state index contributed by atoms with van der Waals surface area (Å²) < 4.78 is 2.03. The Labute approximate surface area is 101 Å². The number of rotatable bonds is 4. The van der Waals surface area contributed by atoms with Crippen LogP contribution in [0.2, 0.25) is 0 Å². The third kappa shape index (κ3) is 3.06. The molecular weight excluding hydrogens is 216 g/mol. The fraction of sp³-hybridized carbons (Fsp3) is 0.667. The van der Waals surface area contributed by atoms with Crippen LogP contribution in [0.25, 0.3) is 0 Å². The highest BCUT2D eigenvalue weighted by Crippen LogP contribution is 2.23. The summed E-state index contributed by atoms with van der Waals surface area (Å²) in [5.74, 6) is 1.24. The number of aromatic nitrogens is 2. The third-order valence-corrected chi connectivity index (χ3v) is 3.42. The Hall–Kier alpha value is -1.36. The number of nitrogens with zero attached hydrogens (tertiary/aromatic N) is 2. The van der Waals surface area contributed by atoms with Gasteiger partial charge in [-0.25, -0.2) is 4.98 Å². The Kier molecular flexibility index (Phi) is 3.78. The first kappa shape index (κ1) is 12.1. The Morgan fingerprint density at radius 2 is 2.47 bits per heavy atom. The SMILES string of the molecule is Cc1nccn1CCNC(=O)C1CCC(N)C1. The minimum absolute atomic E-state index is 0.119. The molecule has 1 aliphatic carbocycles. The highest BCUT2D eigenvalue weighted by molar-refractivity contribution is 5.78. The second kappa shape index (κ2) is 5.31. The molecule has 1 aromatic heterocycles. The van der Waals surface area contributed by atoms with E-state index < -0.39 is 0 Å². The summed E-state index contributed by atoms with van der Waals surface area (Å²) in [6, 6.07) is 0.210. The van der Waals surface area contributed by atoms with Crippen molar-refractivity contribution in [1.29, 1.82) is 0 Å². The molecule has 0 bridgehead atoms. The molecule has 0 saturated heterocycles. The maximum Gasteiger partial charge on any atom is 0.223 e.